The number of likely N-dealkylation sites (N-methyl/N-ethyl adjacent to an activating group) is 1. The molecule has 2 rings (SSSR count). The molecule has 1 aromatic rings. The van der Waals surface area contributed by atoms with E-state index in [0.717, 1.165) is 38.5 Å². The second kappa shape index (κ2) is 6.53. The van der Waals surface area contributed by atoms with Gasteiger partial charge in [-0.15, -0.1) is 0 Å². The lowest BCUT2D eigenvalue weighted by atomic mass is 10.2. The number of hydrazine groups is 1. The van der Waals surface area contributed by atoms with Crippen LogP contribution in [0.25, 0.3) is 0 Å². The largest absolute Gasteiger partial charge is 0.382 e. The van der Waals surface area contributed by atoms with Gasteiger partial charge in [0.15, 0.2) is 0 Å². The number of aromatic nitrogens is 1. The van der Waals surface area contributed by atoms with E-state index in [1.807, 2.05) is 12.1 Å². The highest BCUT2D eigenvalue weighted by Crippen LogP contribution is 2.12. The van der Waals surface area contributed by atoms with Crippen molar-refractivity contribution in [3.63, 3.8) is 0 Å². The van der Waals surface area contributed by atoms with Crippen LogP contribution in [0.3, 0.4) is 0 Å². The minimum absolute atomic E-state index is 0.237. The van der Waals surface area contributed by atoms with Crippen LogP contribution in [0.1, 0.15) is 6.92 Å². The second-order valence-corrected chi connectivity index (χ2v) is 4.34. The van der Waals surface area contributed by atoms with Crippen molar-refractivity contribution in [1.29, 1.82) is 0 Å². The Morgan fingerprint density at radius 3 is 3.28 bits per heavy atom. The number of morpholine rings is 1. The quantitative estimate of drug-likeness (QED) is 0.523. The minimum Gasteiger partial charge on any atom is -0.382 e. The van der Waals surface area contributed by atoms with Gasteiger partial charge in [-0.1, -0.05) is 6.92 Å². The SMILES string of the molecule is CCN1CCOC(CNc2ccnc(NN)c2)C1. The van der Waals surface area contributed by atoms with Crippen molar-refractivity contribution in [2.75, 3.05) is 43.5 Å². The third-order valence-corrected chi connectivity index (χ3v) is 3.11. The van der Waals surface area contributed by atoms with Gasteiger partial charge in [0, 0.05) is 37.6 Å². The molecule has 1 saturated heterocycles. The van der Waals surface area contributed by atoms with E-state index in [0.29, 0.717) is 5.82 Å². The summed E-state index contributed by atoms with van der Waals surface area (Å²) in [5, 5.41) is 3.35. The Labute approximate surface area is 107 Å². The van der Waals surface area contributed by atoms with Crippen LogP contribution in [0.5, 0.6) is 0 Å². The maximum absolute atomic E-state index is 5.73. The van der Waals surface area contributed by atoms with Gasteiger partial charge in [-0.3, -0.25) is 4.90 Å². The van der Waals surface area contributed by atoms with E-state index in [1.165, 1.54) is 0 Å². The number of nitrogen functional groups attached to an aromatic ring is 1. The van der Waals surface area contributed by atoms with E-state index < -0.39 is 0 Å². The van der Waals surface area contributed by atoms with E-state index in [4.69, 9.17) is 10.6 Å². The van der Waals surface area contributed by atoms with Gasteiger partial charge in [0.05, 0.1) is 12.7 Å². The fourth-order valence-electron chi connectivity index (χ4n) is 2.04. The first-order valence-corrected chi connectivity index (χ1v) is 6.32. The summed E-state index contributed by atoms with van der Waals surface area (Å²) in [6.07, 6.45) is 1.96. The normalized spacial score (nSPS) is 20.7. The first-order chi connectivity index (χ1) is 8.81. The third-order valence-electron chi connectivity index (χ3n) is 3.11. The molecule has 1 atom stereocenters. The molecule has 0 bridgehead atoms. The molecule has 0 amide bonds. The number of nitrogens with two attached hydrogens (primary N) is 1. The van der Waals surface area contributed by atoms with Crippen LogP contribution in [0.15, 0.2) is 18.3 Å². The lowest BCUT2D eigenvalue weighted by Gasteiger charge is -2.32. The van der Waals surface area contributed by atoms with E-state index in [-0.39, 0.29) is 6.10 Å². The van der Waals surface area contributed by atoms with Crippen LogP contribution < -0.4 is 16.6 Å². The van der Waals surface area contributed by atoms with Crippen LogP contribution in [0.4, 0.5) is 11.5 Å². The molecule has 1 fully saturated rings. The number of hydrogen-bond acceptors (Lipinski definition) is 6. The molecule has 1 unspecified atom stereocenters. The maximum Gasteiger partial charge on any atom is 0.141 e. The van der Waals surface area contributed by atoms with Crippen LogP contribution >= 0.6 is 0 Å². The molecule has 2 heterocycles. The summed E-state index contributed by atoms with van der Waals surface area (Å²) in [7, 11) is 0. The highest BCUT2D eigenvalue weighted by molar-refractivity contribution is 5.51. The molecule has 0 aromatic carbocycles. The van der Waals surface area contributed by atoms with Crippen molar-refractivity contribution in [2.45, 2.75) is 13.0 Å². The number of hydrogen-bond donors (Lipinski definition) is 3. The predicted octanol–water partition coefficient (Wildman–Crippen LogP) is 0.500. The Kier molecular flexibility index (Phi) is 4.74. The highest BCUT2D eigenvalue weighted by Gasteiger charge is 2.18. The topological polar surface area (TPSA) is 75.4 Å². The fraction of sp³-hybridized carbons (Fsp3) is 0.583. The maximum atomic E-state index is 5.73. The van der Waals surface area contributed by atoms with Gasteiger partial charge >= 0.3 is 0 Å². The summed E-state index contributed by atoms with van der Waals surface area (Å²) in [6.45, 7) is 6.88. The summed E-state index contributed by atoms with van der Waals surface area (Å²) in [5.74, 6) is 5.97. The van der Waals surface area contributed by atoms with Crippen molar-refractivity contribution in [2.24, 2.45) is 5.84 Å². The number of ether oxygens (including phenoxy) is 1. The average molecular weight is 251 g/mol. The molecular weight excluding hydrogens is 230 g/mol. The molecule has 1 aliphatic heterocycles. The third kappa shape index (κ3) is 3.56. The average Bonchev–Trinajstić information content (AvgIpc) is 2.45. The van der Waals surface area contributed by atoms with E-state index in [9.17, 15) is 0 Å². The van der Waals surface area contributed by atoms with Crippen molar-refractivity contribution in [3.8, 4) is 0 Å². The number of nitrogens with one attached hydrogen (secondary N) is 2. The van der Waals surface area contributed by atoms with Crippen molar-refractivity contribution in [1.82, 2.24) is 9.88 Å². The Hall–Kier alpha value is -1.37. The van der Waals surface area contributed by atoms with Gasteiger partial charge in [0.1, 0.15) is 5.82 Å². The molecule has 1 aliphatic rings. The molecule has 0 radical (unpaired) electrons. The highest BCUT2D eigenvalue weighted by atomic mass is 16.5. The lowest BCUT2D eigenvalue weighted by Crippen LogP contribution is -2.45. The van der Waals surface area contributed by atoms with Crippen molar-refractivity contribution < 1.29 is 4.74 Å². The van der Waals surface area contributed by atoms with Crippen molar-refractivity contribution >= 4 is 11.5 Å². The first-order valence-electron chi connectivity index (χ1n) is 6.32. The smallest absolute Gasteiger partial charge is 0.141 e. The zero-order valence-corrected chi connectivity index (χ0v) is 10.7. The molecule has 0 saturated carbocycles. The second-order valence-electron chi connectivity index (χ2n) is 4.34. The van der Waals surface area contributed by atoms with Crippen molar-refractivity contribution in [3.05, 3.63) is 18.3 Å². The van der Waals surface area contributed by atoms with Gasteiger partial charge in [0.25, 0.3) is 0 Å². The molecule has 100 valence electrons. The molecular formula is C12H21N5O. The van der Waals surface area contributed by atoms with E-state index >= 15 is 0 Å². The van der Waals surface area contributed by atoms with E-state index in [2.05, 4.69) is 27.6 Å². The molecule has 18 heavy (non-hydrogen) atoms. The van der Waals surface area contributed by atoms with Gasteiger partial charge in [0.2, 0.25) is 0 Å². The summed E-state index contributed by atoms with van der Waals surface area (Å²) in [6, 6.07) is 3.79. The van der Waals surface area contributed by atoms with Gasteiger partial charge in [-0.2, -0.15) is 0 Å². The predicted molar refractivity (Wildman–Crippen MR) is 72.4 cm³/mol. The Morgan fingerprint density at radius 2 is 2.50 bits per heavy atom. The number of anilines is 2. The van der Waals surface area contributed by atoms with Gasteiger partial charge in [-0.25, -0.2) is 10.8 Å². The zero-order chi connectivity index (χ0) is 12.8. The van der Waals surface area contributed by atoms with Gasteiger partial charge in [-0.05, 0) is 12.6 Å². The van der Waals surface area contributed by atoms with Crippen LogP contribution in [-0.2, 0) is 4.74 Å². The van der Waals surface area contributed by atoms with Crippen LogP contribution in [0, 0.1) is 0 Å². The summed E-state index contributed by atoms with van der Waals surface area (Å²) < 4.78 is 5.73. The van der Waals surface area contributed by atoms with Gasteiger partial charge < -0.3 is 15.5 Å². The minimum atomic E-state index is 0.237. The standard InChI is InChI=1S/C12H21N5O/c1-2-17-5-6-18-11(9-17)8-15-10-3-4-14-12(7-10)16-13/h3-4,7,11H,2,5-6,8-9,13H2,1H3,(H2,14,15,16). The molecule has 0 aliphatic carbocycles. The molecule has 1 aromatic heterocycles. The summed E-state index contributed by atoms with van der Waals surface area (Å²) in [5.41, 5.74) is 3.53. The summed E-state index contributed by atoms with van der Waals surface area (Å²) in [4.78, 5) is 6.46. The summed E-state index contributed by atoms with van der Waals surface area (Å²) >= 11 is 0. The zero-order valence-electron chi connectivity index (χ0n) is 10.7. The molecule has 4 N–H and O–H groups in total. The fourth-order valence-corrected chi connectivity index (χ4v) is 2.04. The first kappa shape index (κ1) is 13.1. The number of pyridine rings is 1. The monoisotopic (exact) mass is 251 g/mol. The molecule has 6 nitrogen and oxygen atoms in total. The van der Waals surface area contributed by atoms with Crippen LogP contribution in [0.2, 0.25) is 0 Å². The Morgan fingerprint density at radius 1 is 1.61 bits per heavy atom. The molecule has 0 spiro atoms. The Balaban J connectivity index is 1.83. The lowest BCUT2D eigenvalue weighted by molar-refractivity contribution is -0.0191. The van der Waals surface area contributed by atoms with E-state index in [1.54, 1.807) is 6.20 Å². The van der Waals surface area contributed by atoms with Crippen LogP contribution in [-0.4, -0.2) is 48.8 Å². The number of rotatable bonds is 5. The Bertz CT molecular complexity index is 373. The molecule has 6 heteroatoms. The number of nitrogens with zero attached hydrogens (tertiary/aromatic N) is 2.